The van der Waals surface area contributed by atoms with Gasteiger partial charge in [0.2, 0.25) is 5.76 Å². The van der Waals surface area contributed by atoms with E-state index in [1.807, 2.05) is 6.07 Å². The van der Waals surface area contributed by atoms with E-state index in [9.17, 15) is 4.79 Å². The monoisotopic (exact) mass is 223 g/mol. The Morgan fingerprint density at radius 1 is 1.50 bits per heavy atom. The first-order valence-electron chi connectivity index (χ1n) is 5.79. The van der Waals surface area contributed by atoms with Crippen LogP contribution in [-0.2, 0) is 4.74 Å². The van der Waals surface area contributed by atoms with Crippen molar-refractivity contribution < 1.29 is 13.9 Å². The number of hydrogen-bond acceptors (Lipinski definition) is 4. The minimum atomic E-state index is -0.373. The quantitative estimate of drug-likeness (QED) is 0.795. The molecule has 88 valence electrons. The maximum absolute atomic E-state index is 11.4. The summed E-state index contributed by atoms with van der Waals surface area (Å²) in [4.78, 5) is 11.4. The third-order valence-electron chi connectivity index (χ3n) is 2.84. The van der Waals surface area contributed by atoms with Crippen LogP contribution in [-0.4, -0.2) is 25.7 Å². The molecule has 0 unspecified atom stereocenters. The smallest absolute Gasteiger partial charge is 0.374 e. The Kier molecular flexibility index (Phi) is 3.62. The van der Waals surface area contributed by atoms with Crippen LogP contribution in [0.15, 0.2) is 16.5 Å². The van der Waals surface area contributed by atoms with E-state index in [2.05, 4.69) is 5.32 Å². The topological polar surface area (TPSA) is 51.5 Å². The molecular weight excluding hydrogens is 206 g/mol. The molecule has 1 saturated heterocycles. The van der Waals surface area contributed by atoms with Gasteiger partial charge in [0.1, 0.15) is 5.76 Å². The van der Waals surface area contributed by atoms with Crippen LogP contribution in [0.25, 0.3) is 0 Å². The van der Waals surface area contributed by atoms with Crippen molar-refractivity contribution in [3.63, 3.8) is 0 Å². The number of carbonyl (C=O) groups is 1. The van der Waals surface area contributed by atoms with Gasteiger partial charge < -0.3 is 14.5 Å². The molecule has 0 atom stereocenters. The lowest BCUT2D eigenvalue weighted by molar-refractivity contribution is 0.0487. The molecule has 0 aromatic carbocycles. The zero-order chi connectivity index (χ0) is 11.4. The maximum Gasteiger partial charge on any atom is 0.374 e. The molecule has 2 rings (SSSR count). The van der Waals surface area contributed by atoms with Crippen molar-refractivity contribution in [1.82, 2.24) is 5.32 Å². The Labute approximate surface area is 95.0 Å². The zero-order valence-electron chi connectivity index (χ0n) is 9.49. The first-order chi connectivity index (χ1) is 7.81. The molecule has 1 N–H and O–H groups in total. The molecule has 2 heterocycles. The van der Waals surface area contributed by atoms with E-state index >= 15 is 0 Å². The van der Waals surface area contributed by atoms with Gasteiger partial charge in [-0.05, 0) is 45.0 Å². The second-order valence-electron chi connectivity index (χ2n) is 3.95. The molecule has 4 nitrogen and oxygen atoms in total. The second-order valence-corrected chi connectivity index (χ2v) is 3.95. The van der Waals surface area contributed by atoms with Gasteiger partial charge in [-0.25, -0.2) is 4.79 Å². The van der Waals surface area contributed by atoms with E-state index in [1.165, 1.54) is 0 Å². The summed E-state index contributed by atoms with van der Waals surface area (Å²) in [6.45, 7) is 4.19. The number of rotatable bonds is 3. The van der Waals surface area contributed by atoms with Crippen LogP contribution < -0.4 is 5.32 Å². The molecule has 1 fully saturated rings. The molecular formula is C12H17NO3. The largest absolute Gasteiger partial charge is 0.460 e. The molecule has 1 aromatic heterocycles. The molecule has 16 heavy (non-hydrogen) atoms. The average Bonchev–Trinajstić information content (AvgIpc) is 2.80. The van der Waals surface area contributed by atoms with Gasteiger partial charge in [0.15, 0.2) is 0 Å². The standard InChI is InChI=1S/C12H17NO3/c1-2-15-12(14)11-4-3-10(16-11)9-5-7-13-8-6-9/h3-4,9,13H,2,5-8H2,1H3. The van der Waals surface area contributed by atoms with Gasteiger partial charge in [-0.1, -0.05) is 0 Å². The van der Waals surface area contributed by atoms with Crippen LogP contribution in [0.2, 0.25) is 0 Å². The SMILES string of the molecule is CCOC(=O)c1ccc(C2CCNCC2)o1. The highest BCUT2D eigenvalue weighted by Gasteiger charge is 2.20. The molecule has 0 amide bonds. The molecule has 4 heteroatoms. The highest BCUT2D eigenvalue weighted by molar-refractivity contribution is 5.86. The van der Waals surface area contributed by atoms with Gasteiger partial charge in [0.05, 0.1) is 6.61 Å². The Bertz CT molecular complexity index is 353. The Balaban J connectivity index is 2.03. The van der Waals surface area contributed by atoms with E-state index in [4.69, 9.17) is 9.15 Å². The minimum absolute atomic E-state index is 0.315. The fourth-order valence-corrected chi connectivity index (χ4v) is 1.99. The third kappa shape index (κ3) is 2.44. The number of piperidine rings is 1. The molecule has 1 aliphatic rings. The van der Waals surface area contributed by atoms with Gasteiger partial charge in [-0.3, -0.25) is 0 Å². The molecule has 0 aliphatic carbocycles. The van der Waals surface area contributed by atoms with Crippen LogP contribution in [0.4, 0.5) is 0 Å². The second kappa shape index (κ2) is 5.16. The zero-order valence-corrected chi connectivity index (χ0v) is 9.49. The Morgan fingerprint density at radius 2 is 2.25 bits per heavy atom. The first-order valence-corrected chi connectivity index (χ1v) is 5.79. The molecule has 0 saturated carbocycles. The van der Waals surface area contributed by atoms with E-state index in [0.29, 0.717) is 18.3 Å². The lowest BCUT2D eigenvalue weighted by Crippen LogP contribution is -2.26. The summed E-state index contributed by atoms with van der Waals surface area (Å²) < 4.78 is 10.4. The number of hydrogen-bond donors (Lipinski definition) is 1. The molecule has 0 radical (unpaired) electrons. The van der Waals surface area contributed by atoms with E-state index < -0.39 is 0 Å². The lowest BCUT2D eigenvalue weighted by Gasteiger charge is -2.20. The van der Waals surface area contributed by atoms with Crippen molar-refractivity contribution in [2.75, 3.05) is 19.7 Å². The predicted molar refractivity (Wildman–Crippen MR) is 59.5 cm³/mol. The summed E-state index contributed by atoms with van der Waals surface area (Å²) in [5.41, 5.74) is 0. The molecule has 0 bridgehead atoms. The van der Waals surface area contributed by atoms with Gasteiger partial charge in [-0.2, -0.15) is 0 Å². The van der Waals surface area contributed by atoms with Crippen LogP contribution in [0, 0.1) is 0 Å². The highest BCUT2D eigenvalue weighted by atomic mass is 16.5. The molecule has 1 aromatic rings. The fourth-order valence-electron chi connectivity index (χ4n) is 1.99. The van der Waals surface area contributed by atoms with Gasteiger partial charge in [0, 0.05) is 5.92 Å². The summed E-state index contributed by atoms with van der Waals surface area (Å²) in [6, 6.07) is 3.59. The average molecular weight is 223 g/mol. The number of carbonyl (C=O) groups excluding carboxylic acids is 1. The fraction of sp³-hybridized carbons (Fsp3) is 0.583. The Morgan fingerprint density at radius 3 is 2.94 bits per heavy atom. The van der Waals surface area contributed by atoms with Crippen LogP contribution in [0.5, 0.6) is 0 Å². The van der Waals surface area contributed by atoms with E-state index in [1.54, 1.807) is 13.0 Å². The number of furan rings is 1. The number of esters is 1. The van der Waals surface area contributed by atoms with Crippen molar-refractivity contribution in [3.05, 3.63) is 23.7 Å². The van der Waals surface area contributed by atoms with E-state index in [0.717, 1.165) is 31.7 Å². The number of nitrogens with one attached hydrogen (secondary N) is 1. The highest BCUT2D eigenvalue weighted by Crippen LogP contribution is 2.26. The first kappa shape index (κ1) is 11.2. The summed E-state index contributed by atoms with van der Waals surface area (Å²) in [5.74, 6) is 1.28. The van der Waals surface area contributed by atoms with Crippen molar-refractivity contribution in [3.8, 4) is 0 Å². The van der Waals surface area contributed by atoms with Gasteiger partial charge in [0.25, 0.3) is 0 Å². The normalized spacial score (nSPS) is 17.3. The van der Waals surface area contributed by atoms with E-state index in [-0.39, 0.29) is 5.97 Å². The van der Waals surface area contributed by atoms with Gasteiger partial charge in [-0.15, -0.1) is 0 Å². The lowest BCUT2D eigenvalue weighted by atomic mass is 9.96. The van der Waals surface area contributed by atoms with Crippen molar-refractivity contribution in [2.24, 2.45) is 0 Å². The summed E-state index contributed by atoms with van der Waals surface area (Å²) in [5, 5.41) is 3.30. The van der Waals surface area contributed by atoms with Crippen LogP contribution in [0.1, 0.15) is 42.0 Å². The third-order valence-corrected chi connectivity index (χ3v) is 2.84. The van der Waals surface area contributed by atoms with Crippen molar-refractivity contribution in [1.29, 1.82) is 0 Å². The summed E-state index contributed by atoms with van der Waals surface area (Å²) in [7, 11) is 0. The van der Waals surface area contributed by atoms with Crippen molar-refractivity contribution >= 4 is 5.97 Å². The predicted octanol–water partition coefficient (Wildman–Crippen LogP) is 1.92. The summed E-state index contributed by atoms with van der Waals surface area (Å²) >= 11 is 0. The molecule has 1 aliphatic heterocycles. The minimum Gasteiger partial charge on any atom is -0.460 e. The van der Waals surface area contributed by atoms with Crippen molar-refractivity contribution in [2.45, 2.75) is 25.7 Å². The van der Waals surface area contributed by atoms with Gasteiger partial charge >= 0.3 is 5.97 Å². The summed E-state index contributed by atoms with van der Waals surface area (Å²) in [6.07, 6.45) is 2.13. The number of ether oxygens (including phenoxy) is 1. The Hall–Kier alpha value is -1.29. The van der Waals surface area contributed by atoms with Crippen LogP contribution >= 0.6 is 0 Å². The molecule has 0 spiro atoms. The van der Waals surface area contributed by atoms with Crippen LogP contribution in [0.3, 0.4) is 0 Å². The maximum atomic E-state index is 11.4.